The van der Waals surface area contributed by atoms with Gasteiger partial charge < -0.3 is 28.4 Å². The molecule has 1 atom stereocenters. The topological polar surface area (TPSA) is 114 Å². The van der Waals surface area contributed by atoms with Gasteiger partial charge in [-0.2, -0.15) is 5.26 Å². The highest BCUT2D eigenvalue weighted by Gasteiger charge is 2.31. The fourth-order valence-electron chi connectivity index (χ4n) is 4.22. The van der Waals surface area contributed by atoms with Gasteiger partial charge in [0.05, 0.1) is 43.5 Å². The van der Waals surface area contributed by atoms with Crippen LogP contribution in [0.1, 0.15) is 28.2 Å². The molecule has 0 aliphatic carbocycles. The number of pyridine rings is 1. The van der Waals surface area contributed by atoms with Crippen molar-refractivity contribution in [3.8, 4) is 23.4 Å². The van der Waals surface area contributed by atoms with E-state index in [1.165, 1.54) is 13.5 Å². The molecular formula is C24H23N5O5. The Morgan fingerprint density at radius 1 is 1.26 bits per heavy atom. The number of oxazole rings is 1. The number of nitriles is 1. The molecule has 34 heavy (non-hydrogen) atoms. The third-order valence-corrected chi connectivity index (χ3v) is 5.93. The second kappa shape index (κ2) is 8.94. The maximum absolute atomic E-state index is 12.7. The van der Waals surface area contributed by atoms with Crippen LogP contribution in [0.3, 0.4) is 0 Å². The van der Waals surface area contributed by atoms with Crippen LogP contribution < -0.4 is 19.1 Å². The first-order valence-corrected chi connectivity index (χ1v) is 10.9. The summed E-state index contributed by atoms with van der Waals surface area (Å²) in [5.41, 5.74) is 2.52. The first-order chi connectivity index (χ1) is 16.6. The van der Waals surface area contributed by atoms with Gasteiger partial charge in [-0.25, -0.2) is 9.97 Å². The Hall–Kier alpha value is -4.26. The third kappa shape index (κ3) is 3.96. The molecule has 10 heteroatoms. The van der Waals surface area contributed by atoms with E-state index in [0.717, 1.165) is 17.1 Å². The number of anilines is 2. The number of aryl methyl sites for hydroxylation is 1. The number of methoxy groups -OCH3 is 1. The summed E-state index contributed by atoms with van der Waals surface area (Å²) in [6.45, 7) is 3.89. The van der Waals surface area contributed by atoms with Gasteiger partial charge in [0.15, 0.2) is 6.39 Å². The van der Waals surface area contributed by atoms with Gasteiger partial charge in [-0.3, -0.25) is 4.79 Å². The van der Waals surface area contributed by atoms with Crippen LogP contribution in [0.4, 0.5) is 11.4 Å². The number of aromatic nitrogens is 2. The first kappa shape index (κ1) is 21.6. The predicted octanol–water partition coefficient (Wildman–Crippen LogP) is 3.08. The molecule has 0 N–H and O–H groups in total. The molecule has 0 radical (unpaired) electrons. The average molecular weight is 461 g/mol. The van der Waals surface area contributed by atoms with Crippen molar-refractivity contribution in [1.82, 2.24) is 14.9 Å². The minimum absolute atomic E-state index is 0.143. The Bertz CT molecular complexity index is 1270. The van der Waals surface area contributed by atoms with E-state index < -0.39 is 0 Å². The lowest BCUT2D eigenvalue weighted by Crippen LogP contribution is -2.31. The number of amides is 1. The highest BCUT2D eigenvalue weighted by atomic mass is 16.5. The number of hydrogen-bond acceptors (Lipinski definition) is 9. The molecule has 174 valence electrons. The Balaban J connectivity index is 1.33. The number of fused-ring (bicyclic) bond motifs is 1. The Kier molecular flexibility index (Phi) is 5.67. The molecule has 1 saturated heterocycles. The Labute approximate surface area is 196 Å². The second-order valence-electron chi connectivity index (χ2n) is 8.04. The Morgan fingerprint density at radius 2 is 2.15 bits per heavy atom. The molecule has 0 unspecified atom stereocenters. The molecule has 10 nitrogen and oxygen atoms in total. The molecule has 2 aliphatic heterocycles. The van der Waals surface area contributed by atoms with E-state index in [-0.39, 0.29) is 23.7 Å². The lowest BCUT2D eigenvalue weighted by molar-refractivity contribution is 0.0740. The number of carbonyl (C=O) groups is 1. The standard InChI is InChI=1S/C24H23N5O5/c1-15-22(33-14-27-15)24(30)28-6-5-19(13-28)34-18-3-4-21-20(10-18)29(7-8-32-21)17-9-16(11-25)23(31-2)26-12-17/h3-4,9-10,12,14,19H,5-8,13H2,1-2H3/t19-/m0/s1. The summed E-state index contributed by atoms with van der Waals surface area (Å²) in [4.78, 5) is 24.7. The smallest absolute Gasteiger partial charge is 0.291 e. The molecule has 4 heterocycles. The minimum atomic E-state index is -0.175. The highest BCUT2D eigenvalue weighted by Crippen LogP contribution is 2.40. The van der Waals surface area contributed by atoms with Gasteiger partial charge in [-0.1, -0.05) is 0 Å². The molecule has 2 aliphatic rings. The van der Waals surface area contributed by atoms with Gasteiger partial charge in [0.2, 0.25) is 11.6 Å². The van der Waals surface area contributed by atoms with Crippen molar-refractivity contribution in [2.45, 2.75) is 19.4 Å². The number of likely N-dealkylation sites (tertiary alicyclic amines) is 1. The summed E-state index contributed by atoms with van der Waals surface area (Å²) in [7, 11) is 1.49. The molecule has 1 amide bonds. The molecule has 0 spiro atoms. The number of benzene rings is 1. The van der Waals surface area contributed by atoms with E-state index in [2.05, 4.69) is 16.0 Å². The lowest BCUT2D eigenvalue weighted by atomic mass is 10.2. The van der Waals surface area contributed by atoms with Crippen LogP contribution >= 0.6 is 0 Å². The fraction of sp³-hybridized carbons (Fsp3) is 0.333. The summed E-state index contributed by atoms with van der Waals surface area (Å²) in [5, 5.41) is 9.44. The second-order valence-corrected chi connectivity index (χ2v) is 8.04. The summed E-state index contributed by atoms with van der Waals surface area (Å²) >= 11 is 0. The van der Waals surface area contributed by atoms with Gasteiger partial charge in [0, 0.05) is 19.0 Å². The quantitative estimate of drug-likeness (QED) is 0.565. The van der Waals surface area contributed by atoms with Crippen LogP contribution in [0.5, 0.6) is 17.4 Å². The van der Waals surface area contributed by atoms with Crippen LogP contribution in [0.15, 0.2) is 41.3 Å². The maximum atomic E-state index is 12.7. The first-order valence-electron chi connectivity index (χ1n) is 10.9. The van der Waals surface area contributed by atoms with E-state index in [1.54, 1.807) is 24.1 Å². The molecule has 0 bridgehead atoms. The van der Waals surface area contributed by atoms with Crippen molar-refractivity contribution in [2.24, 2.45) is 0 Å². The van der Waals surface area contributed by atoms with Crippen molar-refractivity contribution < 1.29 is 23.4 Å². The van der Waals surface area contributed by atoms with Crippen molar-refractivity contribution in [3.63, 3.8) is 0 Å². The van der Waals surface area contributed by atoms with E-state index >= 15 is 0 Å². The number of hydrogen-bond donors (Lipinski definition) is 0. The van der Waals surface area contributed by atoms with Crippen LogP contribution in [-0.4, -0.2) is 60.2 Å². The molecule has 1 aromatic carbocycles. The van der Waals surface area contributed by atoms with Crippen LogP contribution in [0.25, 0.3) is 0 Å². The minimum Gasteiger partial charge on any atom is -0.490 e. The van der Waals surface area contributed by atoms with Crippen LogP contribution in [0.2, 0.25) is 0 Å². The fourth-order valence-corrected chi connectivity index (χ4v) is 4.22. The van der Waals surface area contributed by atoms with E-state index in [9.17, 15) is 10.1 Å². The van der Waals surface area contributed by atoms with E-state index in [4.69, 9.17) is 18.6 Å². The summed E-state index contributed by atoms with van der Waals surface area (Å²) in [6.07, 6.45) is 3.53. The van der Waals surface area contributed by atoms with Gasteiger partial charge in [0.25, 0.3) is 5.91 Å². The number of carbonyl (C=O) groups excluding carboxylic acids is 1. The Morgan fingerprint density at radius 3 is 2.91 bits per heavy atom. The van der Waals surface area contributed by atoms with Gasteiger partial charge >= 0.3 is 0 Å². The lowest BCUT2D eigenvalue weighted by Gasteiger charge is -2.31. The monoisotopic (exact) mass is 461 g/mol. The zero-order valence-corrected chi connectivity index (χ0v) is 18.9. The average Bonchev–Trinajstić information content (AvgIpc) is 3.51. The molecule has 0 saturated carbocycles. The molecular weight excluding hydrogens is 438 g/mol. The largest absolute Gasteiger partial charge is 0.490 e. The van der Waals surface area contributed by atoms with E-state index in [1.807, 2.05) is 23.1 Å². The third-order valence-electron chi connectivity index (χ3n) is 5.93. The molecule has 5 rings (SSSR count). The van der Waals surface area contributed by atoms with Crippen molar-refractivity contribution in [3.05, 3.63) is 53.9 Å². The van der Waals surface area contributed by atoms with Crippen molar-refractivity contribution >= 4 is 17.3 Å². The SMILES string of the molecule is COc1ncc(N2CCOc3ccc(O[C@H]4CCN(C(=O)c5ocnc5C)C4)cc32)cc1C#N. The van der Waals surface area contributed by atoms with Gasteiger partial charge in [-0.15, -0.1) is 0 Å². The molecule has 2 aromatic heterocycles. The van der Waals surface area contributed by atoms with Crippen molar-refractivity contribution in [2.75, 3.05) is 38.3 Å². The number of nitrogens with zero attached hydrogens (tertiary/aromatic N) is 5. The summed E-state index contributed by atoms with van der Waals surface area (Å²) < 4.78 is 22.5. The van der Waals surface area contributed by atoms with Crippen molar-refractivity contribution in [1.29, 1.82) is 5.26 Å². The highest BCUT2D eigenvalue weighted by molar-refractivity contribution is 5.92. The predicted molar refractivity (Wildman–Crippen MR) is 121 cm³/mol. The zero-order chi connectivity index (χ0) is 23.7. The maximum Gasteiger partial charge on any atom is 0.291 e. The zero-order valence-electron chi connectivity index (χ0n) is 18.9. The van der Waals surface area contributed by atoms with Gasteiger partial charge in [-0.05, 0) is 25.1 Å². The van der Waals surface area contributed by atoms with Crippen LogP contribution in [-0.2, 0) is 0 Å². The normalized spacial score (nSPS) is 17.0. The molecule has 1 fully saturated rings. The summed E-state index contributed by atoms with van der Waals surface area (Å²) in [6, 6.07) is 9.52. The number of rotatable bonds is 5. The van der Waals surface area contributed by atoms with E-state index in [0.29, 0.717) is 49.7 Å². The molecule has 3 aromatic rings. The van der Waals surface area contributed by atoms with Crippen LogP contribution in [0, 0.1) is 18.3 Å². The van der Waals surface area contributed by atoms with Gasteiger partial charge in [0.1, 0.15) is 35.8 Å². The summed E-state index contributed by atoms with van der Waals surface area (Å²) in [5.74, 6) is 1.78. The number of ether oxygens (including phenoxy) is 3.